The zero-order chi connectivity index (χ0) is 13.2. The minimum Gasteiger partial charge on any atom is -0.497 e. The average molecular weight is 277 g/mol. The first-order valence-corrected chi connectivity index (χ1v) is 7.84. The van der Waals surface area contributed by atoms with Crippen LogP contribution in [0.2, 0.25) is 0 Å². The molecule has 1 atom stereocenters. The molecule has 0 spiro atoms. The summed E-state index contributed by atoms with van der Waals surface area (Å²) in [4.78, 5) is 4.82. The molecule has 0 saturated carbocycles. The van der Waals surface area contributed by atoms with Crippen molar-refractivity contribution in [3.63, 3.8) is 0 Å². The van der Waals surface area contributed by atoms with Crippen LogP contribution in [-0.2, 0) is 6.54 Å². The molecule has 0 amide bonds. The molecule has 2 heterocycles. The second kappa shape index (κ2) is 5.43. The first-order chi connectivity index (χ1) is 9.33. The minimum absolute atomic E-state index is 0.358. The lowest BCUT2D eigenvalue weighted by atomic mass is 10.3. The highest BCUT2D eigenvalue weighted by Crippen LogP contribution is 2.27. The van der Waals surface area contributed by atoms with Crippen molar-refractivity contribution in [2.24, 2.45) is 0 Å². The second-order valence-corrected chi connectivity index (χ2v) is 5.80. The third-order valence-electron chi connectivity index (χ3n) is 3.53. The highest BCUT2D eigenvalue weighted by Gasteiger charge is 2.21. The van der Waals surface area contributed by atoms with E-state index in [1.54, 1.807) is 7.11 Å². The summed E-state index contributed by atoms with van der Waals surface area (Å²) in [5.74, 6) is 4.31. The topological polar surface area (TPSA) is 39.1 Å². The van der Waals surface area contributed by atoms with E-state index in [-0.39, 0.29) is 0 Å². The van der Waals surface area contributed by atoms with Crippen molar-refractivity contribution in [2.75, 3.05) is 25.2 Å². The maximum absolute atomic E-state index is 5.28. The Balaban J connectivity index is 2.07. The van der Waals surface area contributed by atoms with Crippen molar-refractivity contribution < 1.29 is 4.74 Å². The lowest BCUT2D eigenvalue weighted by Gasteiger charge is -2.23. The monoisotopic (exact) mass is 277 g/mol. The third kappa shape index (κ3) is 2.32. The molecule has 2 aromatic rings. The summed E-state index contributed by atoms with van der Waals surface area (Å²) >= 11 is 1.99. The van der Waals surface area contributed by atoms with Crippen molar-refractivity contribution in [3.8, 4) is 5.75 Å². The molecule has 1 saturated heterocycles. The van der Waals surface area contributed by atoms with Gasteiger partial charge < -0.3 is 14.6 Å². The number of hydrogen-bond donors (Lipinski definition) is 1. The normalized spacial score (nSPS) is 19.8. The van der Waals surface area contributed by atoms with E-state index in [1.165, 1.54) is 11.3 Å². The number of rotatable bonds is 3. The first kappa shape index (κ1) is 12.8. The summed E-state index contributed by atoms with van der Waals surface area (Å²) in [6.07, 6.45) is 0. The lowest BCUT2D eigenvalue weighted by molar-refractivity contribution is 0.415. The molecule has 0 bridgehead atoms. The van der Waals surface area contributed by atoms with Gasteiger partial charge in [-0.15, -0.1) is 0 Å². The zero-order valence-electron chi connectivity index (χ0n) is 11.3. The molecule has 0 aliphatic carbocycles. The number of benzene rings is 1. The van der Waals surface area contributed by atoms with Gasteiger partial charge in [0, 0.05) is 30.7 Å². The van der Waals surface area contributed by atoms with Crippen molar-refractivity contribution in [1.82, 2.24) is 14.9 Å². The number of thioether (sulfide) groups is 1. The van der Waals surface area contributed by atoms with Crippen molar-refractivity contribution in [2.45, 2.75) is 19.5 Å². The molecule has 1 aliphatic rings. The van der Waals surface area contributed by atoms with Crippen LogP contribution in [0.3, 0.4) is 0 Å². The highest BCUT2D eigenvalue weighted by molar-refractivity contribution is 7.99. The van der Waals surface area contributed by atoms with Gasteiger partial charge in [-0.1, -0.05) is 0 Å². The van der Waals surface area contributed by atoms with Crippen LogP contribution in [0.25, 0.3) is 11.0 Å². The van der Waals surface area contributed by atoms with Crippen molar-refractivity contribution >= 4 is 22.8 Å². The summed E-state index contributed by atoms with van der Waals surface area (Å²) in [6.45, 7) is 4.18. The fourth-order valence-corrected chi connectivity index (χ4v) is 3.52. The van der Waals surface area contributed by atoms with E-state index < -0.39 is 0 Å². The molecule has 0 radical (unpaired) electrons. The van der Waals surface area contributed by atoms with E-state index in [9.17, 15) is 0 Å². The molecular weight excluding hydrogens is 258 g/mol. The molecule has 4 nitrogen and oxygen atoms in total. The molecule has 1 fully saturated rings. The van der Waals surface area contributed by atoms with Gasteiger partial charge in [-0.05, 0) is 19.1 Å². The number of nitrogens with one attached hydrogen (secondary N) is 1. The zero-order valence-corrected chi connectivity index (χ0v) is 12.2. The van der Waals surface area contributed by atoms with Crippen LogP contribution in [0.5, 0.6) is 5.75 Å². The van der Waals surface area contributed by atoms with E-state index >= 15 is 0 Å². The van der Waals surface area contributed by atoms with E-state index in [0.717, 1.165) is 35.9 Å². The standard InChI is InChI=1S/C14H19N3OS/c1-3-17-13-5-4-10(18-2)8-11(13)16-14(17)12-9-19-7-6-15-12/h4-5,8,12,15H,3,6-7,9H2,1-2H3. The molecular formula is C14H19N3OS. The van der Waals surface area contributed by atoms with E-state index in [0.29, 0.717) is 6.04 Å². The number of hydrogen-bond acceptors (Lipinski definition) is 4. The minimum atomic E-state index is 0.358. The van der Waals surface area contributed by atoms with Crippen LogP contribution >= 0.6 is 11.8 Å². The quantitative estimate of drug-likeness (QED) is 0.935. The summed E-state index contributed by atoms with van der Waals surface area (Å²) in [7, 11) is 1.69. The smallest absolute Gasteiger partial charge is 0.127 e. The fraction of sp³-hybridized carbons (Fsp3) is 0.500. The predicted octanol–water partition coefficient (Wildman–Crippen LogP) is 2.44. The van der Waals surface area contributed by atoms with E-state index in [1.807, 2.05) is 23.9 Å². The van der Waals surface area contributed by atoms with Gasteiger partial charge in [0.1, 0.15) is 11.6 Å². The Morgan fingerprint density at radius 2 is 2.42 bits per heavy atom. The van der Waals surface area contributed by atoms with Crippen LogP contribution < -0.4 is 10.1 Å². The molecule has 5 heteroatoms. The molecule has 1 aromatic heterocycles. The Bertz CT molecular complexity index is 575. The Kier molecular flexibility index (Phi) is 3.66. The number of aromatic nitrogens is 2. The second-order valence-electron chi connectivity index (χ2n) is 4.65. The van der Waals surface area contributed by atoms with Crippen LogP contribution in [0.15, 0.2) is 18.2 Å². The Morgan fingerprint density at radius 1 is 1.53 bits per heavy atom. The van der Waals surface area contributed by atoms with Crippen LogP contribution in [0.4, 0.5) is 0 Å². The van der Waals surface area contributed by atoms with E-state index in [2.05, 4.69) is 22.9 Å². The third-order valence-corrected chi connectivity index (χ3v) is 4.60. The maximum atomic E-state index is 5.28. The van der Waals surface area contributed by atoms with Gasteiger partial charge >= 0.3 is 0 Å². The fourth-order valence-electron chi connectivity index (χ4n) is 2.58. The number of aryl methyl sites for hydroxylation is 1. The number of nitrogens with zero attached hydrogens (tertiary/aromatic N) is 2. The van der Waals surface area contributed by atoms with Crippen LogP contribution in [0.1, 0.15) is 18.8 Å². The predicted molar refractivity (Wildman–Crippen MR) is 80.0 cm³/mol. The molecule has 1 unspecified atom stereocenters. The average Bonchev–Trinajstić information content (AvgIpc) is 2.85. The number of fused-ring (bicyclic) bond motifs is 1. The van der Waals surface area contributed by atoms with Crippen LogP contribution in [-0.4, -0.2) is 34.7 Å². The van der Waals surface area contributed by atoms with Crippen molar-refractivity contribution in [3.05, 3.63) is 24.0 Å². The Labute approximate surface area is 117 Å². The molecule has 1 N–H and O–H groups in total. The van der Waals surface area contributed by atoms with Gasteiger partial charge in [0.25, 0.3) is 0 Å². The summed E-state index contributed by atoms with van der Waals surface area (Å²) in [6, 6.07) is 6.48. The van der Waals surface area contributed by atoms with Crippen LogP contribution in [0, 0.1) is 0 Å². The number of ether oxygens (including phenoxy) is 1. The summed E-state index contributed by atoms with van der Waals surface area (Å²) < 4.78 is 7.59. The summed E-state index contributed by atoms with van der Waals surface area (Å²) in [5.41, 5.74) is 2.21. The largest absolute Gasteiger partial charge is 0.497 e. The maximum Gasteiger partial charge on any atom is 0.127 e. The summed E-state index contributed by atoms with van der Waals surface area (Å²) in [5, 5.41) is 3.56. The van der Waals surface area contributed by atoms with Gasteiger partial charge in [-0.25, -0.2) is 4.98 Å². The highest BCUT2D eigenvalue weighted by atomic mass is 32.2. The SMILES string of the molecule is CCn1c(C2CSCCN2)nc2cc(OC)ccc21. The van der Waals surface area contributed by atoms with Gasteiger partial charge in [0.05, 0.1) is 24.2 Å². The molecule has 19 heavy (non-hydrogen) atoms. The lowest BCUT2D eigenvalue weighted by Crippen LogP contribution is -2.32. The van der Waals surface area contributed by atoms with Gasteiger partial charge in [-0.3, -0.25) is 0 Å². The Hall–Kier alpha value is -1.20. The van der Waals surface area contributed by atoms with E-state index in [4.69, 9.17) is 9.72 Å². The molecule has 1 aromatic carbocycles. The first-order valence-electron chi connectivity index (χ1n) is 6.68. The molecule has 1 aliphatic heterocycles. The molecule has 3 rings (SSSR count). The van der Waals surface area contributed by atoms with Crippen molar-refractivity contribution in [1.29, 1.82) is 0 Å². The Morgan fingerprint density at radius 3 is 3.11 bits per heavy atom. The number of methoxy groups -OCH3 is 1. The number of imidazole rings is 1. The van der Waals surface area contributed by atoms with Gasteiger partial charge in [0.2, 0.25) is 0 Å². The molecule has 102 valence electrons. The van der Waals surface area contributed by atoms with Gasteiger partial charge in [-0.2, -0.15) is 11.8 Å². The van der Waals surface area contributed by atoms with Gasteiger partial charge in [0.15, 0.2) is 0 Å².